The lowest BCUT2D eigenvalue weighted by Crippen LogP contribution is -2.39. The van der Waals surface area contributed by atoms with Crippen LogP contribution in [0.25, 0.3) is 17.2 Å². The third-order valence-electron chi connectivity index (χ3n) is 7.77. The molecule has 12 heteroatoms. The number of aliphatic carboxylic acids is 1. The zero-order chi connectivity index (χ0) is 30.6. The minimum Gasteiger partial charge on any atom is -0.490 e. The summed E-state index contributed by atoms with van der Waals surface area (Å²) < 4.78 is 48.0. The molecule has 2 aliphatic heterocycles. The quantitative estimate of drug-likeness (QED) is 0.207. The number of nitrogens with zero attached hydrogens (tertiary/aromatic N) is 4. The molecule has 0 saturated carbocycles. The van der Waals surface area contributed by atoms with Crippen molar-refractivity contribution >= 4 is 34.8 Å². The summed E-state index contributed by atoms with van der Waals surface area (Å²) in [4.78, 5) is 22.8. The summed E-state index contributed by atoms with van der Waals surface area (Å²) in [5.74, 6) is -0.708. The number of pyridine rings is 1. The van der Waals surface area contributed by atoms with Crippen molar-refractivity contribution in [3.63, 3.8) is 0 Å². The van der Waals surface area contributed by atoms with Gasteiger partial charge in [-0.3, -0.25) is 4.90 Å². The van der Waals surface area contributed by atoms with E-state index < -0.39 is 17.6 Å². The van der Waals surface area contributed by atoms with Gasteiger partial charge >= 0.3 is 5.97 Å². The van der Waals surface area contributed by atoms with Crippen LogP contribution >= 0.6 is 11.6 Å². The Morgan fingerprint density at radius 2 is 1.89 bits per heavy atom. The fourth-order valence-electron chi connectivity index (χ4n) is 5.32. The highest BCUT2D eigenvalue weighted by molar-refractivity contribution is 6.30. The number of hydrogen-bond acceptors (Lipinski definition) is 7. The van der Waals surface area contributed by atoms with Gasteiger partial charge in [0.15, 0.2) is 17.2 Å². The van der Waals surface area contributed by atoms with Crippen LogP contribution in [0.2, 0.25) is 5.02 Å². The normalized spacial score (nSPS) is 17.7. The number of ether oxygens (including phenoxy) is 3. The van der Waals surface area contributed by atoms with Crippen LogP contribution in [-0.2, 0) is 29.2 Å². The minimum atomic E-state index is -1.03. The molecule has 4 heterocycles. The number of fused-ring (bicyclic) bond motifs is 1. The van der Waals surface area contributed by atoms with Crippen LogP contribution in [-0.4, -0.2) is 62.4 Å². The Hall–Kier alpha value is -4.06. The molecule has 1 N–H and O–H groups in total. The Labute approximate surface area is 257 Å². The Kier molecular flexibility index (Phi) is 9.06. The smallest absolute Gasteiger partial charge is 0.328 e. The van der Waals surface area contributed by atoms with Gasteiger partial charge in [-0.2, -0.15) is 0 Å². The fourth-order valence-corrected chi connectivity index (χ4v) is 5.48. The van der Waals surface area contributed by atoms with Gasteiger partial charge < -0.3 is 23.9 Å². The first-order chi connectivity index (χ1) is 21.3. The highest BCUT2D eigenvalue weighted by Gasteiger charge is 2.26. The molecule has 2 aliphatic rings. The number of piperidine rings is 1. The van der Waals surface area contributed by atoms with Crippen LogP contribution in [0.4, 0.5) is 8.78 Å². The highest BCUT2D eigenvalue weighted by Crippen LogP contribution is 2.27. The zero-order valence-corrected chi connectivity index (χ0v) is 24.6. The number of carboxylic acid groups (broad SMARTS) is 1. The van der Waals surface area contributed by atoms with Gasteiger partial charge in [0.05, 0.1) is 24.9 Å². The van der Waals surface area contributed by atoms with E-state index in [-0.39, 0.29) is 35.2 Å². The van der Waals surface area contributed by atoms with E-state index in [1.165, 1.54) is 24.3 Å². The second kappa shape index (κ2) is 13.3. The molecule has 0 spiro atoms. The number of likely N-dealkylation sites (tertiary alicyclic amines) is 1. The van der Waals surface area contributed by atoms with Gasteiger partial charge in [0.2, 0.25) is 0 Å². The van der Waals surface area contributed by atoms with Crippen molar-refractivity contribution in [1.29, 1.82) is 0 Å². The SMILES string of the molecule is O=C(O)/C=C/c1ccc2nc(CN3CCC(Oc4ccc(F)c(COc5ccc(Cl)cc5F)c4)CC3)n(C[C@@H]3CCO3)c2n1. The van der Waals surface area contributed by atoms with Gasteiger partial charge in [-0.05, 0) is 73.9 Å². The lowest BCUT2D eigenvalue weighted by atomic mass is 10.1. The fraction of sp³-hybridized carbons (Fsp3) is 0.344. The maximum atomic E-state index is 14.5. The number of aromatic nitrogens is 3. The largest absolute Gasteiger partial charge is 0.490 e. The zero-order valence-electron chi connectivity index (χ0n) is 23.8. The second-order valence-electron chi connectivity index (χ2n) is 10.9. The first kappa shape index (κ1) is 30.0. The Morgan fingerprint density at radius 3 is 2.61 bits per heavy atom. The molecule has 2 fully saturated rings. The number of hydrogen-bond donors (Lipinski definition) is 1. The number of benzene rings is 2. The van der Waals surface area contributed by atoms with Gasteiger partial charge in [0.1, 0.15) is 35.6 Å². The van der Waals surface area contributed by atoms with Gasteiger partial charge in [-0.15, -0.1) is 0 Å². The molecular weight excluding hydrogens is 594 g/mol. The molecule has 0 aliphatic carbocycles. The highest BCUT2D eigenvalue weighted by atomic mass is 35.5. The summed E-state index contributed by atoms with van der Waals surface area (Å²) in [6, 6.07) is 12.2. The van der Waals surface area contributed by atoms with Gasteiger partial charge in [0.25, 0.3) is 0 Å². The van der Waals surface area contributed by atoms with E-state index in [2.05, 4.69) is 14.5 Å². The second-order valence-corrected chi connectivity index (χ2v) is 11.3. The molecule has 230 valence electrons. The number of halogens is 3. The van der Waals surface area contributed by atoms with E-state index in [0.717, 1.165) is 62.4 Å². The van der Waals surface area contributed by atoms with E-state index in [1.54, 1.807) is 18.2 Å². The lowest BCUT2D eigenvalue weighted by Gasteiger charge is -2.32. The summed E-state index contributed by atoms with van der Waals surface area (Å²) in [5.41, 5.74) is 2.27. The van der Waals surface area contributed by atoms with Crippen LogP contribution in [0.1, 0.15) is 36.3 Å². The summed E-state index contributed by atoms with van der Waals surface area (Å²) >= 11 is 5.79. The molecule has 0 unspecified atom stereocenters. The predicted octanol–water partition coefficient (Wildman–Crippen LogP) is 5.87. The Bertz CT molecular complexity index is 1680. The first-order valence-electron chi connectivity index (χ1n) is 14.4. The Morgan fingerprint density at radius 1 is 1.07 bits per heavy atom. The molecular formula is C32H31ClF2N4O5. The average Bonchev–Trinajstić information content (AvgIpc) is 3.31. The molecule has 44 heavy (non-hydrogen) atoms. The van der Waals surface area contributed by atoms with Crippen LogP contribution in [0.15, 0.2) is 54.6 Å². The van der Waals surface area contributed by atoms with Crippen molar-refractivity contribution in [1.82, 2.24) is 19.4 Å². The predicted molar refractivity (Wildman–Crippen MR) is 160 cm³/mol. The molecule has 4 aromatic rings. The molecule has 2 aromatic heterocycles. The van der Waals surface area contributed by atoms with Crippen molar-refractivity contribution in [3.05, 3.63) is 88.3 Å². The molecule has 9 nitrogen and oxygen atoms in total. The molecule has 0 bridgehead atoms. The van der Waals surface area contributed by atoms with E-state index in [1.807, 2.05) is 6.07 Å². The summed E-state index contributed by atoms with van der Waals surface area (Å²) in [6.45, 7) is 3.39. The van der Waals surface area contributed by atoms with Gasteiger partial charge in [-0.1, -0.05) is 11.6 Å². The summed E-state index contributed by atoms with van der Waals surface area (Å²) in [6.07, 6.45) is 5.10. The maximum absolute atomic E-state index is 14.5. The van der Waals surface area contributed by atoms with Crippen molar-refractivity contribution in [2.75, 3.05) is 19.7 Å². The van der Waals surface area contributed by atoms with E-state index in [0.29, 0.717) is 30.2 Å². The van der Waals surface area contributed by atoms with E-state index in [9.17, 15) is 13.6 Å². The molecule has 0 amide bonds. The van der Waals surface area contributed by atoms with Gasteiger partial charge in [-0.25, -0.2) is 23.5 Å². The lowest BCUT2D eigenvalue weighted by molar-refractivity contribution is -0.131. The molecule has 1 atom stereocenters. The minimum absolute atomic E-state index is 0.00696. The number of carbonyl (C=O) groups is 1. The average molecular weight is 625 g/mol. The monoisotopic (exact) mass is 624 g/mol. The first-order valence-corrected chi connectivity index (χ1v) is 14.8. The van der Waals surface area contributed by atoms with Crippen molar-refractivity contribution in [2.24, 2.45) is 0 Å². The third kappa shape index (κ3) is 7.18. The van der Waals surface area contributed by atoms with Crippen molar-refractivity contribution in [2.45, 2.75) is 51.2 Å². The maximum Gasteiger partial charge on any atom is 0.328 e. The number of carboxylic acids is 1. The van der Waals surface area contributed by atoms with Crippen LogP contribution in [0.3, 0.4) is 0 Å². The van der Waals surface area contributed by atoms with Crippen LogP contribution in [0, 0.1) is 11.6 Å². The van der Waals surface area contributed by atoms with Crippen LogP contribution < -0.4 is 9.47 Å². The van der Waals surface area contributed by atoms with Gasteiger partial charge in [0, 0.05) is 36.4 Å². The number of rotatable bonds is 11. The molecule has 6 rings (SSSR count). The summed E-state index contributed by atoms with van der Waals surface area (Å²) in [5, 5.41) is 9.24. The van der Waals surface area contributed by atoms with Crippen molar-refractivity contribution in [3.8, 4) is 11.5 Å². The summed E-state index contributed by atoms with van der Waals surface area (Å²) in [7, 11) is 0. The Balaban J connectivity index is 1.08. The van der Waals surface area contributed by atoms with E-state index in [4.69, 9.17) is 35.9 Å². The third-order valence-corrected chi connectivity index (χ3v) is 8.00. The van der Waals surface area contributed by atoms with Crippen molar-refractivity contribution < 1.29 is 32.9 Å². The van der Waals surface area contributed by atoms with E-state index >= 15 is 0 Å². The molecule has 2 saturated heterocycles. The molecule has 0 radical (unpaired) electrons. The topological polar surface area (TPSA) is 98.9 Å². The number of imidazole rings is 1. The van der Waals surface area contributed by atoms with Crippen LogP contribution in [0.5, 0.6) is 11.5 Å². The molecule has 2 aromatic carbocycles. The standard InChI is InChI=1S/C32H31ClF2N4O5/c33-21-1-7-29(27(35)16-21)43-19-20-15-24(4-5-26(20)34)44-23-9-12-38(13-10-23)18-30-37-28-6-2-22(3-8-31(40)41)36-32(28)39(30)17-25-11-14-42-25/h1-8,15-16,23,25H,9-14,17-19H2,(H,40,41)/b8-3+/t25-/m0/s1.